The zero-order chi connectivity index (χ0) is 24.1. The number of carbonyl (C=O) groups excluding carboxylic acids is 2. The molecule has 6 heteroatoms. The number of hydrogen-bond acceptors (Lipinski definition) is 4. The van der Waals surface area contributed by atoms with E-state index < -0.39 is 5.54 Å². The molecule has 0 saturated carbocycles. The van der Waals surface area contributed by atoms with Crippen molar-refractivity contribution in [2.75, 3.05) is 19.6 Å². The minimum absolute atomic E-state index is 0.0354. The molecule has 2 heterocycles. The minimum atomic E-state index is -0.704. The van der Waals surface area contributed by atoms with Gasteiger partial charge in [-0.25, -0.2) is 0 Å². The maximum absolute atomic E-state index is 13.3. The van der Waals surface area contributed by atoms with Crippen molar-refractivity contribution in [1.29, 1.82) is 0 Å². The molecule has 1 N–H and O–H groups in total. The van der Waals surface area contributed by atoms with Crippen LogP contribution in [-0.2, 0) is 16.1 Å². The second-order valence-electron chi connectivity index (χ2n) is 10.0. The van der Waals surface area contributed by atoms with Gasteiger partial charge >= 0.3 is 0 Å². The highest BCUT2D eigenvalue weighted by Gasteiger charge is 2.53. The molecule has 0 aromatic heterocycles. The Hall–Kier alpha value is -2.86. The third kappa shape index (κ3) is 5.27. The van der Waals surface area contributed by atoms with Crippen LogP contribution < -0.4 is 10.1 Å². The molecule has 0 aliphatic carbocycles. The van der Waals surface area contributed by atoms with Crippen molar-refractivity contribution >= 4 is 11.8 Å². The van der Waals surface area contributed by atoms with E-state index in [4.69, 9.17) is 4.74 Å². The largest absolute Gasteiger partial charge is 0.457 e. The Kier molecular flexibility index (Phi) is 7.57. The van der Waals surface area contributed by atoms with Crippen molar-refractivity contribution in [1.82, 2.24) is 15.1 Å². The summed E-state index contributed by atoms with van der Waals surface area (Å²) in [6.45, 7) is 9.30. The van der Waals surface area contributed by atoms with Crippen LogP contribution in [0.5, 0.6) is 11.5 Å². The molecule has 0 radical (unpaired) electrons. The Labute approximate surface area is 203 Å². The van der Waals surface area contributed by atoms with Gasteiger partial charge in [0.05, 0.1) is 0 Å². The van der Waals surface area contributed by atoms with Gasteiger partial charge in [-0.3, -0.25) is 14.5 Å². The molecule has 182 valence electrons. The van der Waals surface area contributed by atoms with Gasteiger partial charge in [-0.05, 0) is 61.4 Å². The number of para-hydroxylation sites is 1. The van der Waals surface area contributed by atoms with Crippen molar-refractivity contribution in [3.8, 4) is 11.5 Å². The molecule has 2 aromatic rings. The highest BCUT2D eigenvalue weighted by atomic mass is 16.5. The first kappa shape index (κ1) is 24.3. The van der Waals surface area contributed by atoms with Gasteiger partial charge in [0.25, 0.3) is 0 Å². The molecular formula is C28H37N3O3. The summed E-state index contributed by atoms with van der Waals surface area (Å²) in [6.07, 6.45) is 2.90. The first-order chi connectivity index (χ1) is 16.4. The van der Waals surface area contributed by atoms with Crippen molar-refractivity contribution in [2.45, 2.75) is 64.6 Å². The van der Waals surface area contributed by atoms with Gasteiger partial charge in [0.15, 0.2) is 0 Å². The average Bonchev–Trinajstić information content (AvgIpc) is 2.83. The number of likely N-dealkylation sites (tertiary alicyclic amines) is 1. The molecule has 1 spiro atoms. The van der Waals surface area contributed by atoms with Crippen LogP contribution in [0.25, 0.3) is 0 Å². The van der Waals surface area contributed by atoms with E-state index in [1.54, 1.807) is 0 Å². The fraction of sp³-hybridized carbons (Fsp3) is 0.500. The molecule has 2 aromatic carbocycles. The van der Waals surface area contributed by atoms with Crippen molar-refractivity contribution < 1.29 is 14.3 Å². The summed E-state index contributed by atoms with van der Waals surface area (Å²) in [5.74, 6) is 2.13. The fourth-order valence-electron chi connectivity index (χ4n) is 5.18. The third-order valence-electron chi connectivity index (χ3n) is 6.95. The predicted octanol–water partition coefficient (Wildman–Crippen LogP) is 4.60. The Morgan fingerprint density at radius 2 is 1.65 bits per heavy atom. The molecular weight excluding hydrogens is 426 g/mol. The molecule has 34 heavy (non-hydrogen) atoms. The molecule has 2 aliphatic heterocycles. The molecule has 2 amide bonds. The molecule has 2 aliphatic rings. The maximum atomic E-state index is 13.3. The van der Waals surface area contributed by atoms with E-state index >= 15 is 0 Å². The zero-order valence-electron chi connectivity index (χ0n) is 20.6. The lowest BCUT2D eigenvalue weighted by atomic mass is 9.80. The van der Waals surface area contributed by atoms with Gasteiger partial charge in [0.2, 0.25) is 11.8 Å². The van der Waals surface area contributed by atoms with E-state index in [0.29, 0.717) is 31.7 Å². The van der Waals surface area contributed by atoms with Crippen LogP contribution in [-0.4, -0.2) is 52.8 Å². The molecule has 2 saturated heterocycles. The second-order valence-corrected chi connectivity index (χ2v) is 10.0. The van der Waals surface area contributed by atoms with Crippen molar-refractivity contribution in [3.63, 3.8) is 0 Å². The SMILES string of the molecule is CCCN1C(=O)C(CC(C)C)NC(=O)C12CCN(Cc1ccc(Oc3ccccc3)cc1)CC2. The monoisotopic (exact) mass is 463 g/mol. The van der Waals surface area contributed by atoms with Crippen LogP contribution in [0.15, 0.2) is 54.6 Å². The first-order valence-electron chi connectivity index (χ1n) is 12.6. The minimum Gasteiger partial charge on any atom is -0.457 e. The Morgan fingerprint density at radius 1 is 1.00 bits per heavy atom. The summed E-state index contributed by atoms with van der Waals surface area (Å²) in [5.41, 5.74) is 0.507. The number of nitrogens with one attached hydrogen (secondary N) is 1. The lowest BCUT2D eigenvalue weighted by Crippen LogP contribution is -2.73. The number of piperidine rings is 1. The Bertz CT molecular complexity index is 966. The molecule has 6 nitrogen and oxygen atoms in total. The third-order valence-corrected chi connectivity index (χ3v) is 6.95. The number of ether oxygens (including phenoxy) is 1. The number of nitrogens with zero attached hydrogens (tertiary/aromatic N) is 2. The van der Waals surface area contributed by atoms with Crippen LogP contribution >= 0.6 is 0 Å². The van der Waals surface area contributed by atoms with Gasteiger partial charge in [0.1, 0.15) is 23.1 Å². The number of carbonyl (C=O) groups is 2. The summed E-state index contributed by atoms with van der Waals surface area (Å²) < 4.78 is 5.89. The standard InChI is InChI=1S/C28H37N3O3/c1-4-16-31-26(32)25(19-21(2)3)29-27(33)28(31)14-17-30(18-15-28)20-22-10-12-24(13-11-22)34-23-8-6-5-7-9-23/h5-13,21,25H,4,14-20H2,1-3H3,(H,29,33). The van der Waals surface area contributed by atoms with E-state index in [9.17, 15) is 9.59 Å². The fourth-order valence-corrected chi connectivity index (χ4v) is 5.18. The van der Waals surface area contributed by atoms with E-state index in [-0.39, 0.29) is 17.9 Å². The number of hydrogen-bond donors (Lipinski definition) is 1. The summed E-state index contributed by atoms with van der Waals surface area (Å²) in [6, 6.07) is 17.6. The van der Waals surface area contributed by atoms with Crippen LogP contribution in [0.2, 0.25) is 0 Å². The van der Waals surface area contributed by atoms with E-state index in [0.717, 1.165) is 37.6 Å². The van der Waals surface area contributed by atoms with E-state index in [1.165, 1.54) is 5.56 Å². The Morgan fingerprint density at radius 3 is 2.26 bits per heavy atom. The number of rotatable bonds is 8. The summed E-state index contributed by atoms with van der Waals surface area (Å²) in [5, 5.41) is 3.07. The molecule has 1 atom stereocenters. The van der Waals surface area contributed by atoms with Gasteiger partial charge < -0.3 is 15.0 Å². The zero-order valence-corrected chi connectivity index (χ0v) is 20.6. The summed E-state index contributed by atoms with van der Waals surface area (Å²) >= 11 is 0. The van der Waals surface area contributed by atoms with Crippen molar-refractivity contribution in [2.24, 2.45) is 5.92 Å². The van der Waals surface area contributed by atoms with Gasteiger partial charge in [-0.2, -0.15) is 0 Å². The Balaban J connectivity index is 1.38. The van der Waals surface area contributed by atoms with Crippen LogP contribution in [0, 0.1) is 5.92 Å². The predicted molar refractivity (Wildman–Crippen MR) is 134 cm³/mol. The lowest BCUT2D eigenvalue weighted by Gasteiger charge is -2.52. The molecule has 0 bridgehead atoms. The van der Waals surface area contributed by atoms with Gasteiger partial charge in [0, 0.05) is 26.2 Å². The first-order valence-corrected chi connectivity index (χ1v) is 12.6. The van der Waals surface area contributed by atoms with Crippen LogP contribution in [0.1, 0.15) is 52.0 Å². The highest BCUT2D eigenvalue weighted by Crippen LogP contribution is 2.34. The van der Waals surface area contributed by atoms with Crippen LogP contribution in [0.3, 0.4) is 0 Å². The topological polar surface area (TPSA) is 61.9 Å². The quantitative estimate of drug-likeness (QED) is 0.622. The summed E-state index contributed by atoms with van der Waals surface area (Å²) in [7, 11) is 0. The van der Waals surface area contributed by atoms with E-state index in [2.05, 4.69) is 43.1 Å². The van der Waals surface area contributed by atoms with Gasteiger partial charge in [-0.1, -0.05) is 51.1 Å². The number of piperazine rings is 1. The maximum Gasteiger partial charge on any atom is 0.246 e. The molecule has 1 unspecified atom stereocenters. The number of benzene rings is 2. The lowest BCUT2D eigenvalue weighted by molar-refractivity contribution is -0.161. The highest BCUT2D eigenvalue weighted by molar-refractivity contribution is 6.00. The average molecular weight is 464 g/mol. The smallest absolute Gasteiger partial charge is 0.246 e. The van der Waals surface area contributed by atoms with Crippen LogP contribution in [0.4, 0.5) is 0 Å². The normalized spacial score (nSPS) is 20.6. The second kappa shape index (κ2) is 10.6. The summed E-state index contributed by atoms with van der Waals surface area (Å²) in [4.78, 5) is 30.9. The van der Waals surface area contributed by atoms with Gasteiger partial charge in [-0.15, -0.1) is 0 Å². The molecule has 4 rings (SSSR count). The van der Waals surface area contributed by atoms with E-state index in [1.807, 2.05) is 47.4 Å². The molecule has 2 fully saturated rings. The number of amides is 2. The van der Waals surface area contributed by atoms with Crippen molar-refractivity contribution in [3.05, 3.63) is 60.2 Å².